The van der Waals surface area contributed by atoms with Gasteiger partial charge in [0.1, 0.15) is 6.04 Å². The van der Waals surface area contributed by atoms with Crippen molar-refractivity contribution in [3.05, 3.63) is 29.8 Å². The number of rotatable bonds is 6. The molecule has 22 heavy (non-hydrogen) atoms. The molecule has 0 aliphatic heterocycles. The summed E-state index contributed by atoms with van der Waals surface area (Å²) in [4.78, 5) is 11.7. The Kier molecular flexibility index (Phi) is 5.78. The second-order valence-electron chi connectivity index (χ2n) is 4.32. The second-order valence-corrected chi connectivity index (χ2v) is 6.02. The molecule has 6 nitrogen and oxygen atoms in total. The van der Waals surface area contributed by atoms with E-state index in [1.165, 1.54) is 35.9 Å². The summed E-state index contributed by atoms with van der Waals surface area (Å²) in [6.07, 6.45) is -0.297. The van der Waals surface area contributed by atoms with Gasteiger partial charge in [0.2, 0.25) is 0 Å². The number of esters is 1. The summed E-state index contributed by atoms with van der Waals surface area (Å²) in [6, 6.07) is 4.23. The molecule has 1 aromatic carbocycles. The zero-order valence-electron chi connectivity index (χ0n) is 11.6. The third-order valence-corrected chi connectivity index (χ3v) is 3.80. The number of nitrogens with one attached hydrogen (secondary N) is 1. The lowest BCUT2D eigenvalue weighted by Gasteiger charge is -2.18. The Balaban J connectivity index is 2.99. The first-order chi connectivity index (χ1) is 10.1. The van der Waals surface area contributed by atoms with Crippen molar-refractivity contribution < 1.29 is 31.1 Å². The maximum Gasteiger partial charge on any atom is 0.511 e. The molecule has 0 heterocycles. The zero-order valence-corrected chi connectivity index (χ0v) is 12.4. The van der Waals surface area contributed by atoms with E-state index in [1.54, 1.807) is 0 Å². The Morgan fingerprint density at radius 2 is 1.86 bits per heavy atom. The van der Waals surface area contributed by atoms with Crippen LogP contribution in [0, 0.1) is 0 Å². The first-order valence-electron chi connectivity index (χ1n) is 6.16. The van der Waals surface area contributed by atoms with Crippen molar-refractivity contribution >= 4 is 21.7 Å². The Labute approximate surface area is 125 Å². The number of anilines is 1. The number of halogens is 3. The van der Waals surface area contributed by atoms with Gasteiger partial charge in [-0.25, -0.2) is 8.42 Å². The van der Waals surface area contributed by atoms with E-state index in [-0.39, 0.29) is 13.0 Å². The molecule has 1 rings (SSSR count). The molecule has 124 valence electrons. The van der Waals surface area contributed by atoms with Crippen LogP contribution in [0.3, 0.4) is 0 Å². The molecule has 10 heteroatoms. The Morgan fingerprint density at radius 3 is 2.32 bits per heavy atom. The molecule has 1 unspecified atom stereocenters. The normalized spacial score (nSPS) is 13.6. The van der Waals surface area contributed by atoms with Crippen molar-refractivity contribution in [1.82, 2.24) is 4.72 Å². The third-order valence-electron chi connectivity index (χ3n) is 2.59. The highest BCUT2D eigenvalue weighted by molar-refractivity contribution is 7.90. The average Bonchev–Trinajstić information content (AvgIpc) is 2.39. The van der Waals surface area contributed by atoms with Gasteiger partial charge in [-0.3, -0.25) is 4.79 Å². The first kappa shape index (κ1) is 18.2. The smallest absolute Gasteiger partial charge is 0.465 e. The zero-order chi connectivity index (χ0) is 17.0. The van der Waals surface area contributed by atoms with Gasteiger partial charge in [0, 0.05) is 5.69 Å². The molecule has 0 aromatic heterocycles. The quantitative estimate of drug-likeness (QED) is 0.598. The fraction of sp³-hybridized carbons (Fsp3) is 0.417. The van der Waals surface area contributed by atoms with Crippen LogP contribution in [0.25, 0.3) is 0 Å². The van der Waals surface area contributed by atoms with E-state index in [9.17, 15) is 26.4 Å². The molecule has 0 aliphatic carbocycles. The van der Waals surface area contributed by atoms with E-state index >= 15 is 0 Å². The fourth-order valence-electron chi connectivity index (χ4n) is 1.56. The van der Waals surface area contributed by atoms with Gasteiger partial charge in [0.05, 0.1) is 6.61 Å². The molecule has 0 aliphatic rings. The summed E-state index contributed by atoms with van der Waals surface area (Å²) in [7, 11) is -5.66. The van der Waals surface area contributed by atoms with Crippen molar-refractivity contribution in [1.29, 1.82) is 0 Å². The molecule has 1 aromatic rings. The van der Waals surface area contributed by atoms with Crippen molar-refractivity contribution in [2.45, 2.75) is 24.9 Å². The van der Waals surface area contributed by atoms with Crippen LogP contribution in [0.1, 0.15) is 12.5 Å². The van der Waals surface area contributed by atoms with Crippen LogP contribution >= 0.6 is 0 Å². The summed E-state index contributed by atoms with van der Waals surface area (Å²) in [5.74, 6) is -1.09. The molecule has 3 N–H and O–H groups in total. The van der Waals surface area contributed by atoms with Crippen LogP contribution in [-0.2, 0) is 26.0 Å². The summed E-state index contributed by atoms with van der Waals surface area (Å²) in [5, 5.41) is 0. The molecule has 0 saturated heterocycles. The molecular formula is C12H15F3N2O4S. The topological polar surface area (TPSA) is 98.5 Å². The van der Waals surface area contributed by atoms with Crippen molar-refractivity contribution in [2.75, 3.05) is 12.3 Å². The van der Waals surface area contributed by atoms with Crippen molar-refractivity contribution in [2.24, 2.45) is 0 Å². The number of sulfonamides is 1. The van der Waals surface area contributed by atoms with Gasteiger partial charge < -0.3 is 10.5 Å². The standard InChI is InChI=1S/C12H15F3N2O4S/c1-2-21-11(18)10(17-22(19,20)12(13,14)15)7-8-3-5-9(16)6-4-8/h3-6,10,17H,2,7,16H2,1H3. The Bertz CT molecular complexity index is 614. The molecule has 0 bridgehead atoms. The minimum absolute atomic E-state index is 0.0924. The number of carbonyl (C=O) groups excluding carboxylic acids is 1. The summed E-state index contributed by atoms with van der Waals surface area (Å²) in [5.41, 5.74) is 0.808. The summed E-state index contributed by atoms with van der Waals surface area (Å²) in [6.45, 7) is 1.36. The van der Waals surface area contributed by atoms with Crippen LogP contribution in [-0.4, -0.2) is 32.5 Å². The molecule has 0 saturated carbocycles. The van der Waals surface area contributed by atoms with Crippen LogP contribution < -0.4 is 10.5 Å². The van der Waals surface area contributed by atoms with E-state index in [4.69, 9.17) is 5.73 Å². The SMILES string of the molecule is CCOC(=O)C(Cc1ccc(N)cc1)NS(=O)(=O)C(F)(F)F. The van der Waals surface area contributed by atoms with Crippen LogP contribution in [0.5, 0.6) is 0 Å². The van der Waals surface area contributed by atoms with E-state index in [1.807, 2.05) is 0 Å². The number of nitrogen functional groups attached to an aromatic ring is 1. The van der Waals surface area contributed by atoms with Crippen molar-refractivity contribution in [3.8, 4) is 0 Å². The molecule has 1 atom stereocenters. The lowest BCUT2D eigenvalue weighted by Crippen LogP contribution is -2.48. The third kappa shape index (κ3) is 4.88. The molecular weight excluding hydrogens is 325 g/mol. The Hall–Kier alpha value is -1.81. The number of nitrogens with two attached hydrogens (primary N) is 1. The van der Waals surface area contributed by atoms with Gasteiger partial charge in [0.25, 0.3) is 0 Å². The van der Waals surface area contributed by atoms with E-state index in [0.29, 0.717) is 11.3 Å². The lowest BCUT2D eigenvalue weighted by atomic mass is 10.1. The monoisotopic (exact) mass is 340 g/mol. The molecule has 0 radical (unpaired) electrons. The molecule has 0 spiro atoms. The highest BCUT2D eigenvalue weighted by Crippen LogP contribution is 2.22. The predicted molar refractivity (Wildman–Crippen MR) is 73.1 cm³/mol. The van der Waals surface area contributed by atoms with Crippen LogP contribution in [0.15, 0.2) is 24.3 Å². The van der Waals surface area contributed by atoms with E-state index in [0.717, 1.165) is 0 Å². The van der Waals surface area contributed by atoms with Crippen molar-refractivity contribution in [3.63, 3.8) is 0 Å². The molecule has 0 amide bonds. The first-order valence-corrected chi connectivity index (χ1v) is 7.64. The van der Waals surface area contributed by atoms with Gasteiger partial charge in [-0.05, 0) is 31.0 Å². The van der Waals surface area contributed by atoms with Gasteiger partial charge in [-0.15, -0.1) is 0 Å². The molecule has 0 fully saturated rings. The van der Waals surface area contributed by atoms with Gasteiger partial charge >= 0.3 is 21.5 Å². The number of alkyl halides is 3. The number of benzene rings is 1. The fourth-order valence-corrected chi connectivity index (χ4v) is 2.25. The summed E-state index contributed by atoms with van der Waals surface area (Å²) >= 11 is 0. The predicted octanol–water partition coefficient (Wildman–Crippen LogP) is 1.18. The largest absolute Gasteiger partial charge is 0.511 e. The van der Waals surface area contributed by atoms with Gasteiger partial charge in [0.15, 0.2) is 0 Å². The highest BCUT2D eigenvalue weighted by Gasteiger charge is 2.47. The van der Waals surface area contributed by atoms with Crippen LogP contribution in [0.4, 0.5) is 18.9 Å². The van der Waals surface area contributed by atoms with E-state index < -0.39 is 27.5 Å². The average molecular weight is 340 g/mol. The maximum atomic E-state index is 12.4. The number of hydrogen-bond donors (Lipinski definition) is 2. The number of hydrogen-bond acceptors (Lipinski definition) is 5. The minimum atomic E-state index is -5.66. The van der Waals surface area contributed by atoms with Gasteiger partial charge in [-0.1, -0.05) is 12.1 Å². The second kappa shape index (κ2) is 6.97. The minimum Gasteiger partial charge on any atom is -0.465 e. The van der Waals surface area contributed by atoms with E-state index in [2.05, 4.69) is 4.74 Å². The lowest BCUT2D eigenvalue weighted by molar-refractivity contribution is -0.145. The highest BCUT2D eigenvalue weighted by atomic mass is 32.2. The van der Waals surface area contributed by atoms with Gasteiger partial charge in [-0.2, -0.15) is 17.9 Å². The number of ether oxygens (including phenoxy) is 1. The van der Waals surface area contributed by atoms with Crippen LogP contribution in [0.2, 0.25) is 0 Å². The number of carbonyl (C=O) groups is 1. The summed E-state index contributed by atoms with van der Waals surface area (Å²) < 4.78 is 65.5. The Morgan fingerprint density at radius 1 is 1.32 bits per heavy atom. The maximum absolute atomic E-state index is 12.4.